The largest absolute Gasteiger partial charge is 0.426 e. The average Bonchev–Trinajstić information content (AvgIpc) is 2.93. The Balaban J connectivity index is 1.18. The van der Waals surface area contributed by atoms with E-state index in [9.17, 15) is 26.7 Å². The van der Waals surface area contributed by atoms with Crippen molar-refractivity contribution in [2.24, 2.45) is 35.5 Å². The topological polar surface area (TPSA) is 26.3 Å². The zero-order valence-electron chi connectivity index (χ0n) is 23.8. The Labute approximate surface area is 236 Å². The molecule has 0 aliphatic heterocycles. The molecule has 3 fully saturated rings. The third-order valence-corrected chi connectivity index (χ3v) is 10.1. The summed E-state index contributed by atoms with van der Waals surface area (Å²) in [4.78, 5) is 12.7. The van der Waals surface area contributed by atoms with E-state index >= 15 is 0 Å². The van der Waals surface area contributed by atoms with Gasteiger partial charge < -0.3 is 4.74 Å². The van der Waals surface area contributed by atoms with Gasteiger partial charge >= 0.3 is 12.1 Å². The maximum absolute atomic E-state index is 14.2. The van der Waals surface area contributed by atoms with Crippen LogP contribution in [0.3, 0.4) is 0 Å². The van der Waals surface area contributed by atoms with Crippen LogP contribution in [0.15, 0.2) is 18.2 Å². The monoisotopic (exact) mass is 568 g/mol. The SMILES string of the molecule is CCCCCC1CCC(C2CCC(C3CCC(C(=O)Oc4cc(F)c(/C=C/C(F)(F)F)c(F)c4)CC3)CC2)CC1. The van der Waals surface area contributed by atoms with Crippen LogP contribution in [0.2, 0.25) is 0 Å². The van der Waals surface area contributed by atoms with Crippen molar-refractivity contribution in [2.75, 3.05) is 0 Å². The van der Waals surface area contributed by atoms with Crippen LogP contribution in [0.1, 0.15) is 115 Å². The van der Waals surface area contributed by atoms with Crippen LogP contribution in [0, 0.1) is 47.1 Å². The molecule has 4 rings (SSSR count). The zero-order valence-corrected chi connectivity index (χ0v) is 23.8. The average molecular weight is 569 g/mol. The van der Waals surface area contributed by atoms with E-state index in [0.717, 1.165) is 48.6 Å². The molecular formula is C33H45F5O2. The molecule has 3 saturated carbocycles. The smallest absolute Gasteiger partial charge is 0.409 e. The number of hydrogen-bond donors (Lipinski definition) is 0. The molecule has 0 unspecified atom stereocenters. The first-order valence-electron chi connectivity index (χ1n) is 15.6. The maximum atomic E-state index is 14.2. The lowest BCUT2D eigenvalue weighted by atomic mass is 9.65. The second-order valence-electron chi connectivity index (χ2n) is 12.7. The Kier molecular flexibility index (Phi) is 11.1. The molecule has 0 radical (unpaired) electrons. The van der Waals surface area contributed by atoms with Crippen LogP contribution in [-0.4, -0.2) is 12.1 Å². The quantitative estimate of drug-likeness (QED) is 0.128. The van der Waals surface area contributed by atoms with E-state index in [-0.39, 0.29) is 17.7 Å². The molecule has 7 heteroatoms. The Bertz CT molecular complexity index is 956. The van der Waals surface area contributed by atoms with E-state index in [1.807, 2.05) is 0 Å². The van der Waals surface area contributed by atoms with E-state index in [4.69, 9.17) is 4.74 Å². The molecule has 1 aromatic rings. The van der Waals surface area contributed by atoms with Gasteiger partial charge in [-0.15, -0.1) is 0 Å². The van der Waals surface area contributed by atoms with E-state index in [2.05, 4.69) is 6.92 Å². The molecule has 0 heterocycles. The highest BCUT2D eigenvalue weighted by atomic mass is 19.4. The van der Waals surface area contributed by atoms with Crippen LogP contribution >= 0.6 is 0 Å². The van der Waals surface area contributed by atoms with Gasteiger partial charge in [-0.2, -0.15) is 13.2 Å². The van der Waals surface area contributed by atoms with Gasteiger partial charge in [-0.3, -0.25) is 4.79 Å². The van der Waals surface area contributed by atoms with Gasteiger partial charge in [-0.1, -0.05) is 45.4 Å². The van der Waals surface area contributed by atoms with Crippen molar-refractivity contribution in [3.05, 3.63) is 35.4 Å². The van der Waals surface area contributed by atoms with Crippen molar-refractivity contribution >= 4 is 12.0 Å². The zero-order chi connectivity index (χ0) is 28.7. The fourth-order valence-corrected chi connectivity index (χ4v) is 7.70. The number of benzene rings is 1. The summed E-state index contributed by atoms with van der Waals surface area (Å²) in [7, 11) is 0. The van der Waals surface area contributed by atoms with E-state index in [1.165, 1.54) is 77.0 Å². The Morgan fingerprint density at radius 2 is 1.27 bits per heavy atom. The number of allylic oxidation sites excluding steroid dienone is 1. The lowest BCUT2D eigenvalue weighted by Crippen LogP contribution is -2.31. The van der Waals surface area contributed by atoms with Gasteiger partial charge in [0.15, 0.2) is 0 Å². The number of unbranched alkanes of at least 4 members (excludes halogenated alkanes) is 2. The normalized spacial score (nSPS) is 29.9. The molecule has 3 aliphatic rings. The summed E-state index contributed by atoms with van der Waals surface area (Å²) >= 11 is 0. The second kappa shape index (κ2) is 14.3. The number of halogens is 5. The van der Waals surface area contributed by atoms with E-state index < -0.39 is 29.3 Å². The molecule has 0 saturated heterocycles. The minimum Gasteiger partial charge on any atom is -0.426 e. The number of rotatable bonds is 9. The minimum absolute atomic E-state index is 0.231. The number of carbonyl (C=O) groups is 1. The predicted molar refractivity (Wildman–Crippen MR) is 148 cm³/mol. The first-order valence-corrected chi connectivity index (χ1v) is 15.6. The van der Waals surface area contributed by atoms with Crippen molar-refractivity contribution in [1.29, 1.82) is 0 Å². The summed E-state index contributed by atoms with van der Waals surface area (Å²) in [6.07, 6.45) is 15.2. The molecule has 0 spiro atoms. The molecule has 0 bridgehead atoms. The number of carbonyl (C=O) groups excluding carboxylic acids is 1. The van der Waals surface area contributed by atoms with Gasteiger partial charge in [0, 0.05) is 23.8 Å². The van der Waals surface area contributed by atoms with Crippen molar-refractivity contribution < 1.29 is 31.5 Å². The van der Waals surface area contributed by atoms with Crippen molar-refractivity contribution in [3.63, 3.8) is 0 Å². The second-order valence-corrected chi connectivity index (χ2v) is 12.7. The van der Waals surface area contributed by atoms with Gasteiger partial charge in [0.25, 0.3) is 0 Å². The summed E-state index contributed by atoms with van der Waals surface area (Å²) in [5, 5.41) is 0. The Morgan fingerprint density at radius 1 is 0.800 bits per heavy atom. The number of ether oxygens (including phenoxy) is 1. The highest BCUT2D eigenvalue weighted by Crippen LogP contribution is 2.46. The first kappa shape index (κ1) is 31.0. The number of esters is 1. The molecule has 3 aliphatic carbocycles. The number of hydrogen-bond acceptors (Lipinski definition) is 2. The lowest BCUT2D eigenvalue weighted by molar-refractivity contribution is -0.140. The van der Waals surface area contributed by atoms with E-state index in [0.29, 0.717) is 24.8 Å². The van der Waals surface area contributed by atoms with Crippen LogP contribution in [0.5, 0.6) is 5.75 Å². The summed E-state index contributed by atoms with van der Waals surface area (Å²) in [5.41, 5.74) is -0.817. The van der Waals surface area contributed by atoms with E-state index in [1.54, 1.807) is 0 Å². The predicted octanol–water partition coefficient (Wildman–Crippen LogP) is 10.4. The fraction of sp³-hybridized carbons (Fsp3) is 0.727. The number of alkyl halides is 3. The van der Waals surface area contributed by atoms with Gasteiger partial charge in [0.2, 0.25) is 0 Å². The molecule has 0 N–H and O–H groups in total. The van der Waals surface area contributed by atoms with Gasteiger partial charge in [0.1, 0.15) is 17.4 Å². The molecule has 0 amide bonds. The van der Waals surface area contributed by atoms with Gasteiger partial charge in [-0.05, 0) is 99.9 Å². The molecular weight excluding hydrogens is 523 g/mol. The Hall–Kier alpha value is -1.92. The summed E-state index contributed by atoms with van der Waals surface area (Å²) in [6.45, 7) is 2.27. The fourth-order valence-electron chi connectivity index (χ4n) is 7.70. The maximum Gasteiger partial charge on any atom is 0.409 e. The summed E-state index contributed by atoms with van der Waals surface area (Å²) in [5.74, 6) is 0.520. The summed E-state index contributed by atoms with van der Waals surface area (Å²) < 4.78 is 70.7. The van der Waals surface area contributed by atoms with Gasteiger partial charge in [-0.25, -0.2) is 8.78 Å². The molecule has 40 heavy (non-hydrogen) atoms. The van der Waals surface area contributed by atoms with Gasteiger partial charge in [0.05, 0.1) is 5.92 Å². The highest BCUT2D eigenvalue weighted by Gasteiger charge is 2.36. The van der Waals surface area contributed by atoms with Crippen LogP contribution in [0.25, 0.3) is 6.08 Å². The highest BCUT2D eigenvalue weighted by molar-refractivity contribution is 5.75. The third-order valence-electron chi connectivity index (χ3n) is 10.1. The lowest BCUT2D eigenvalue weighted by Gasteiger charge is -2.41. The van der Waals surface area contributed by atoms with Crippen molar-refractivity contribution in [2.45, 2.75) is 116 Å². The van der Waals surface area contributed by atoms with Crippen LogP contribution < -0.4 is 4.74 Å². The molecule has 1 aromatic carbocycles. The molecule has 0 atom stereocenters. The standard InChI is InChI=1S/C33H45F5O2/c1-2-3-4-5-22-6-8-23(9-7-22)24-10-12-25(13-11-24)26-14-16-27(17-15-26)32(39)40-28-20-30(34)29(31(35)21-28)18-19-33(36,37)38/h18-27H,2-17H2,1H3/b19-18+. The summed E-state index contributed by atoms with van der Waals surface area (Å²) in [6, 6.07) is 1.53. The third kappa shape index (κ3) is 8.79. The Morgan fingerprint density at radius 3 is 1.75 bits per heavy atom. The van der Waals surface area contributed by atoms with Crippen molar-refractivity contribution in [1.82, 2.24) is 0 Å². The molecule has 224 valence electrons. The van der Waals surface area contributed by atoms with Crippen LogP contribution in [0.4, 0.5) is 22.0 Å². The van der Waals surface area contributed by atoms with Crippen LogP contribution in [-0.2, 0) is 4.79 Å². The van der Waals surface area contributed by atoms with Crippen molar-refractivity contribution in [3.8, 4) is 5.75 Å². The minimum atomic E-state index is -4.69. The molecule has 0 aromatic heterocycles. The molecule has 2 nitrogen and oxygen atoms in total. The first-order chi connectivity index (χ1) is 19.1.